The second-order valence-electron chi connectivity index (χ2n) is 6.51. The average molecular weight is 352 g/mol. The summed E-state index contributed by atoms with van der Waals surface area (Å²) in [6.45, 7) is 0.354. The fraction of sp³-hybridized carbons (Fsp3) is 0.316. The molecule has 1 unspecified atom stereocenters. The van der Waals surface area contributed by atoms with Gasteiger partial charge in [-0.25, -0.2) is 0 Å². The fourth-order valence-electron chi connectivity index (χ4n) is 3.62. The first-order valence-corrected chi connectivity index (χ1v) is 9.24. The van der Waals surface area contributed by atoms with Crippen LogP contribution in [0.3, 0.4) is 0 Å². The molecule has 1 amide bonds. The maximum absolute atomic E-state index is 12.5. The highest BCUT2D eigenvalue weighted by Crippen LogP contribution is 2.33. The first kappa shape index (κ1) is 16.2. The van der Waals surface area contributed by atoms with E-state index in [1.165, 1.54) is 11.1 Å². The maximum Gasteiger partial charge on any atom is 0.238 e. The van der Waals surface area contributed by atoms with Crippen LogP contribution in [0.25, 0.3) is 11.0 Å². The second-order valence-corrected chi connectivity index (χ2v) is 7.04. The van der Waals surface area contributed by atoms with Crippen LogP contribution in [0.15, 0.2) is 42.5 Å². The third kappa shape index (κ3) is 3.27. The molecule has 1 aliphatic carbocycles. The molecule has 0 saturated heterocycles. The van der Waals surface area contributed by atoms with E-state index in [2.05, 4.69) is 43.2 Å². The monoisotopic (exact) mass is 352 g/mol. The molecule has 0 radical (unpaired) electrons. The predicted molar refractivity (Wildman–Crippen MR) is 101 cm³/mol. The minimum Gasteiger partial charge on any atom is -0.323 e. The Kier molecular flexibility index (Phi) is 4.46. The summed E-state index contributed by atoms with van der Waals surface area (Å²) in [6, 6.07) is 14.5. The molecule has 2 aromatic carbocycles. The van der Waals surface area contributed by atoms with E-state index in [0.29, 0.717) is 12.6 Å². The molecule has 0 spiro atoms. The van der Waals surface area contributed by atoms with Crippen molar-refractivity contribution in [2.45, 2.75) is 25.3 Å². The Morgan fingerprint density at radius 2 is 2.12 bits per heavy atom. The third-order valence-corrected chi connectivity index (χ3v) is 5.37. The van der Waals surface area contributed by atoms with Gasteiger partial charge in [-0.2, -0.15) is 8.75 Å². The molecule has 1 atom stereocenters. The van der Waals surface area contributed by atoms with Crippen molar-refractivity contribution in [1.82, 2.24) is 13.6 Å². The van der Waals surface area contributed by atoms with E-state index in [-0.39, 0.29) is 5.91 Å². The Morgan fingerprint density at radius 3 is 3.04 bits per heavy atom. The zero-order chi connectivity index (χ0) is 17.2. The Hall–Kier alpha value is -2.31. The number of rotatable bonds is 4. The SMILES string of the molecule is CN(CC(=O)Nc1cccc2nsnc12)C1CCCc2ccccc21. The molecule has 1 aromatic heterocycles. The first-order chi connectivity index (χ1) is 12.2. The molecular formula is C19H20N4OS. The minimum absolute atomic E-state index is 0.0222. The minimum atomic E-state index is -0.0222. The summed E-state index contributed by atoms with van der Waals surface area (Å²) < 4.78 is 8.49. The number of carbonyl (C=O) groups excluding carboxylic acids is 1. The molecule has 0 fully saturated rings. The van der Waals surface area contributed by atoms with Crippen LogP contribution in [0, 0.1) is 0 Å². The molecule has 1 N–H and O–H groups in total. The van der Waals surface area contributed by atoms with Crippen molar-refractivity contribution in [3.63, 3.8) is 0 Å². The number of benzene rings is 2. The van der Waals surface area contributed by atoms with Gasteiger partial charge in [-0.1, -0.05) is 30.3 Å². The lowest BCUT2D eigenvalue weighted by Gasteiger charge is -2.32. The van der Waals surface area contributed by atoms with Gasteiger partial charge in [-0.15, -0.1) is 0 Å². The molecule has 6 heteroatoms. The first-order valence-electron chi connectivity index (χ1n) is 8.51. The van der Waals surface area contributed by atoms with Gasteiger partial charge in [0.2, 0.25) is 5.91 Å². The molecule has 5 nitrogen and oxygen atoms in total. The number of nitrogens with zero attached hydrogens (tertiary/aromatic N) is 3. The molecule has 1 heterocycles. The van der Waals surface area contributed by atoms with E-state index in [0.717, 1.165) is 47.7 Å². The second kappa shape index (κ2) is 6.90. The van der Waals surface area contributed by atoms with Crippen molar-refractivity contribution in [1.29, 1.82) is 0 Å². The van der Waals surface area contributed by atoms with Gasteiger partial charge in [-0.3, -0.25) is 9.69 Å². The molecule has 0 bridgehead atoms. The van der Waals surface area contributed by atoms with E-state index >= 15 is 0 Å². The fourth-order valence-corrected chi connectivity index (χ4v) is 4.17. The maximum atomic E-state index is 12.5. The quantitative estimate of drug-likeness (QED) is 0.779. The van der Waals surface area contributed by atoms with Crippen LogP contribution in [0.4, 0.5) is 5.69 Å². The lowest BCUT2D eigenvalue weighted by Crippen LogP contribution is -2.34. The van der Waals surface area contributed by atoms with Crippen LogP contribution < -0.4 is 5.32 Å². The van der Waals surface area contributed by atoms with E-state index < -0.39 is 0 Å². The molecule has 0 saturated carbocycles. The van der Waals surface area contributed by atoms with E-state index in [4.69, 9.17) is 0 Å². The van der Waals surface area contributed by atoms with Gasteiger partial charge < -0.3 is 5.32 Å². The zero-order valence-corrected chi connectivity index (χ0v) is 14.9. The van der Waals surface area contributed by atoms with Gasteiger partial charge in [0.15, 0.2) is 0 Å². The van der Waals surface area contributed by atoms with Crippen molar-refractivity contribution in [3.05, 3.63) is 53.6 Å². The smallest absolute Gasteiger partial charge is 0.238 e. The van der Waals surface area contributed by atoms with Crippen LogP contribution in [0.2, 0.25) is 0 Å². The summed E-state index contributed by atoms with van der Waals surface area (Å²) in [5, 5.41) is 2.99. The van der Waals surface area contributed by atoms with Gasteiger partial charge in [0.1, 0.15) is 11.0 Å². The van der Waals surface area contributed by atoms with E-state index in [9.17, 15) is 4.79 Å². The van der Waals surface area contributed by atoms with Gasteiger partial charge in [0.25, 0.3) is 0 Å². The number of amides is 1. The summed E-state index contributed by atoms with van der Waals surface area (Å²) >= 11 is 1.16. The number of aromatic nitrogens is 2. The highest BCUT2D eigenvalue weighted by atomic mass is 32.1. The topological polar surface area (TPSA) is 58.1 Å². The molecule has 1 aliphatic rings. The van der Waals surface area contributed by atoms with Crippen molar-refractivity contribution in [2.75, 3.05) is 18.9 Å². The number of anilines is 1. The van der Waals surface area contributed by atoms with Crippen molar-refractivity contribution < 1.29 is 4.79 Å². The van der Waals surface area contributed by atoms with Crippen molar-refractivity contribution >= 4 is 34.4 Å². The molecule has 0 aliphatic heterocycles. The van der Waals surface area contributed by atoms with Gasteiger partial charge in [0, 0.05) is 6.04 Å². The molecule has 3 aromatic rings. The van der Waals surface area contributed by atoms with E-state index in [1.54, 1.807) is 0 Å². The molecule has 4 rings (SSSR count). The lowest BCUT2D eigenvalue weighted by molar-refractivity contribution is -0.117. The Labute approximate surface area is 151 Å². The normalized spacial score (nSPS) is 16.8. The predicted octanol–water partition coefficient (Wildman–Crippen LogP) is 3.64. The summed E-state index contributed by atoms with van der Waals surface area (Å²) in [5.41, 5.74) is 5.07. The standard InChI is InChI=1S/C19H20N4OS/c1-23(17-11-4-7-13-6-2-3-8-14(13)17)12-18(24)20-15-9-5-10-16-19(15)22-25-21-16/h2-3,5-6,8-10,17H,4,7,11-12H2,1H3,(H,20,24). The van der Waals surface area contributed by atoms with E-state index in [1.807, 2.05) is 25.2 Å². The largest absolute Gasteiger partial charge is 0.323 e. The Balaban J connectivity index is 1.47. The number of nitrogens with one attached hydrogen (secondary N) is 1. The lowest BCUT2D eigenvalue weighted by atomic mass is 9.87. The van der Waals surface area contributed by atoms with Crippen molar-refractivity contribution in [2.24, 2.45) is 0 Å². The van der Waals surface area contributed by atoms with Crippen LogP contribution in [0.1, 0.15) is 30.0 Å². The number of aryl methyl sites for hydroxylation is 1. The number of hydrogen-bond donors (Lipinski definition) is 1. The summed E-state index contributed by atoms with van der Waals surface area (Å²) in [5.74, 6) is -0.0222. The number of likely N-dealkylation sites (N-methyl/N-ethyl adjacent to an activating group) is 1. The summed E-state index contributed by atoms with van der Waals surface area (Å²) in [6.07, 6.45) is 3.38. The van der Waals surface area contributed by atoms with Crippen molar-refractivity contribution in [3.8, 4) is 0 Å². The Bertz CT molecular complexity index is 907. The molecular weight excluding hydrogens is 332 g/mol. The summed E-state index contributed by atoms with van der Waals surface area (Å²) in [4.78, 5) is 14.7. The highest BCUT2D eigenvalue weighted by molar-refractivity contribution is 7.00. The van der Waals surface area contributed by atoms with Crippen LogP contribution in [-0.4, -0.2) is 33.1 Å². The Morgan fingerprint density at radius 1 is 1.24 bits per heavy atom. The van der Waals surface area contributed by atoms with Gasteiger partial charge in [0.05, 0.1) is 24.0 Å². The number of fused-ring (bicyclic) bond motifs is 2. The average Bonchev–Trinajstić information content (AvgIpc) is 3.11. The van der Waals surface area contributed by atoms with Gasteiger partial charge in [-0.05, 0) is 49.6 Å². The van der Waals surface area contributed by atoms with Gasteiger partial charge >= 0.3 is 0 Å². The zero-order valence-electron chi connectivity index (χ0n) is 14.1. The van der Waals surface area contributed by atoms with Crippen LogP contribution in [-0.2, 0) is 11.2 Å². The third-order valence-electron chi connectivity index (χ3n) is 4.82. The summed E-state index contributed by atoms with van der Waals surface area (Å²) in [7, 11) is 2.03. The molecule has 128 valence electrons. The number of carbonyl (C=O) groups is 1. The highest BCUT2D eigenvalue weighted by Gasteiger charge is 2.24. The number of hydrogen-bond acceptors (Lipinski definition) is 5. The molecule has 25 heavy (non-hydrogen) atoms. The van der Waals surface area contributed by atoms with Crippen LogP contribution in [0.5, 0.6) is 0 Å². The van der Waals surface area contributed by atoms with Crippen LogP contribution >= 0.6 is 11.7 Å².